The van der Waals surface area contributed by atoms with Gasteiger partial charge in [-0.15, -0.1) is 0 Å². The molecule has 0 atom stereocenters. The summed E-state index contributed by atoms with van der Waals surface area (Å²) in [5.41, 5.74) is 2.45. The van der Waals surface area contributed by atoms with Crippen LogP contribution in [0.4, 0.5) is 23.0 Å². The number of methoxy groups -OCH3 is 1. The van der Waals surface area contributed by atoms with Gasteiger partial charge < -0.3 is 25.0 Å². The van der Waals surface area contributed by atoms with Gasteiger partial charge in [-0.05, 0) is 42.4 Å². The van der Waals surface area contributed by atoms with Crippen LogP contribution in [0, 0.1) is 0 Å². The largest absolute Gasteiger partial charge is 0.494 e. The molecule has 0 unspecified atom stereocenters. The standard InChI is InChI=1S/C25H28ClN5O3Si/c1-4-23(32)28-17-6-5-7-19(14-17)34-24-20(26)16-27-25(30-24)29-21-9-8-18(15-22(21)33-2)31-10-12-35(3)13-11-31/h4-9,14-16,35H,1,10-13H2,2-3H3,(H,28,32)(H,27,29,30). The van der Waals surface area contributed by atoms with Gasteiger partial charge in [0, 0.05) is 45.4 Å². The van der Waals surface area contributed by atoms with Crippen LogP contribution in [0.5, 0.6) is 17.4 Å². The van der Waals surface area contributed by atoms with Crippen LogP contribution in [-0.2, 0) is 4.79 Å². The van der Waals surface area contributed by atoms with E-state index < -0.39 is 8.80 Å². The topological polar surface area (TPSA) is 88.6 Å². The molecule has 0 radical (unpaired) electrons. The molecule has 3 aromatic rings. The van der Waals surface area contributed by atoms with Crippen LogP contribution in [0.3, 0.4) is 0 Å². The van der Waals surface area contributed by atoms with Gasteiger partial charge in [0.05, 0.1) is 19.0 Å². The monoisotopic (exact) mass is 509 g/mol. The van der Waals surface area contributed by atoms with Gasteiger partial charge in [0.2, 0.25) is 17.7 Å². The summed E-state index contributed by atoms with van der Waals surface area (Å²) in [5.74, 6) is 1.33. The Labute approximate surface area is 211 Å². The summed E-state index contributed by atoms with van der Waals surface area (Å²) in [7, 11) is 1.12. The van der Waals surface area contributed by atoms with Crippen LogP contribution in [0.25, 0.3) is 0 Å². The number of hydrogen-bond acceptors (Lipinski definition) is 7. The molecule has 35 heavy (non-hydrogen) atoms. The number of carbonyl (C=O) groups excluding carboxylic acids is 1. The average Bonchev–Trinajstić information content (AvgIpc) is 2.87. The van der Waals surface area contributed by atoms with Gasteiger partial charge in [0.25, 0.3) is 0 Å². The molecule has 0 spiro atoms. The minimum atomic E-state index is -0.526. The van der Waals surface area contributed by atoms with Crippen LogP contribution < -0.4 is 25.0 Å². The molecule has 8 nitrogen and oxygen atoms in total. The van der Waals surface area contributed by atoms with Crippen LogP contribution >= 0.6 is 11.6 Å². The molecule has 1 aliphatic heterocycles. The number of halogens is 1. The quantitative estimate of drug-likeness (QED) is 0.307. The van der Waals surface area contributed by atoms with Crippen molar-refractivity contribution in [2.24, 2.45) is 0 Å². The van der Waals surface area contributed by atoms with Gasteiger partial charge in [-0.2, -0.15) is 4.98 Å². The van der Waals surface area contributed by atoms with Gasteiger partial charge in [-0.3, -0.25) is 4.79 Å². The average molecular weight is 510 g/mol. The van der Waals surface area contributed by atoms with Crippen molar-refractivity contribution in [3.8, 4) is 17.4 Å². The maximum absolute atomic E-state index is 11.6. The maximum atomic E-state index is 11.6. The Kier molecular flexibility index (Phi) is 7.89. The summed E-state index contributed by atoms with van der Waals surface area (Å²) in [6.07, 6.45) is 2.66. The molecule has 2 aromatic carbocycles. The number of anilines is 4. The molecule has 2 heterocycles. The highest BCUT2D eigenvalue weighted by Gasteiger charge is 2.18. The van der Waals surface area contributed by atoms with E-state index in [4.69, 9.17) is 21.1 Å². The van der Waals surface area contributed by atoms with Crippen molar-refractivity contribution in [1.29, 1.82) is 0 Å². The van der Waals surface area contributed by atoms with Crippen molar-refractivity contribution < 1.29 is 14.3 Å². The summed E-state index contributed by atoms with van der Waals surface area (Å²) in [5, 5.41) is 6.13. The number of nitrogens with one attached hydrogen (secondary N) is 2. The van der Waals surface area contributed by atoms with Crippen molar-refractivity contribution in [2.75, 3.05) is 35.7 Å². The van der Waals surface area contributed by atoms with Crippen LogP contribution in [0.15, 0.2) is 61.3 Å². The number of amides is 1. The molecule has 1 fully saturated rings. The number of rotatable bonds is 8. The molecular weight excluding hydrogens is 482 g/mol. The van der Waals surface area contributed by atoms with Crippen LogP contribution in [-0.4, -0.2) is 44.9 Å². The van der Waals surface area contributed by atoms with E-state index in [9.17, 15) is 4.79 Å². The van der Waals surface area contributed by atoms with Crippen LogP contribution in [0.2, 0.25) is 23.7 Å². The highest BCUT2D eigenvalue weighted by Crippen LogP contribution is 2.34. The third kappa shape index (κ3) is 6.31. The molecular formula is C25H28ClN5O3Si. The van der Waals surface area contributed by atoms with Crippen molar-refractivity contribution in [2.45, 2.75) is 18.6 Å². The van der Waals surface area contributed by atoms with Gasteiger partial charge in [-0.25, -0.2) is 4.98 Å². The third-order valence-corrected chi connectivity index (χ3v) is 8.54. The van der Waals surface area contributed by atoms with Gasteiger partial charge in [0.15, 0.2) is 0 Å². The fraction of sp³-hybridized carbons (Fsp3) is 0.240. The zero-order valence-electron chi connectivity index (χ0n) is 19.8. The molecule has 182 valence electrons. The van der Waals surface area contributed by atoms with E-state index >= 15 is 0 Å². The van der Waals surface area contributed by atoms with E-state index in [1.54, 1.807) is 31.4 Å². The highest BCUT2D eigenvalue weighted by atomic mass is 35.5. The van der Waals surface area contributed by atoms with Crippen molar-refractivity contribution in [3.63, 3.8) is 0 Å². The summed E-state index contributed by atoms with van der Waals surface area (Å²) < 4.78 is 11.5. The third-order valence-electron chi connectivity index (χ3n) is 5.79. The second kappa shape index (κ2) is 11.2. The van der Waals surface area contributed by atoms with Gasteiger partial charge in [0.1, 0.15) is 16.5 Å². The van der Waals surface area contributed by atoms with E-state index in [0.717, 1.165) is 24.5 Å². The molecule has 4 rings (SSSR count). The molecule has 0 saturated carbocycles. The Bertz CT molecular complexity index is 1220. The Hall–Kier alpha value is -3.56. The van der Waals surface area contributed by atoms with E-state index in [1.165, 1.54) is 24.4 Å². The Morgan fingerprint density at radius 3 is 2.77 bits per heavy atom. The van der Waals surface area contributed by atoms with E-state index in [-0.39, 0.29) is 16.8 Å². The number of aromatic nitrogens is 2. The Morgan fingerprint density at radius 1 is 1.23 bits per heavy atom. The Morgan fingerprint density at radius 2 is 2.03 bits per heavy atom. The lowest BCUT2D eigenvalue weighted by atomic mass is 10.2. The molecule has 10 heteroatoms. The number of benzene rings is 2. The molecule has 1 saturated heterocycles. The highest BCUT2D eigenvalue weighted by molar-refractivity contribution is 6.57. The van der Waals surface area contributed by atoms with Crippen molar-refractivity contribution in [1.82, 2.24) is 9.97 Å². The first-order chi connectivity index (χ1) is 16.9. The molecule has 0 aliphatic carbocycles. The second-order valence-electron chi connectivity index (χ2n) is 8.35. The normalized spacial score (nSPS) is 13.7. The minimum absolute atomic E-state index is 0.179. The lowest BCUT2D eigenvalue weighted by Crippen LogP contribution is -2.35. The predicted molar refractivity (Wildman–Crippen MR) is 144 cm³/mol. The second-order valence-corrected chi connectivity index (χ2v) is 12.1. The first kappa shape index (κ1) is 24.6. The lowest BCUT2D eigenvalue weighted by molar-refractivity contribution is -0.111. The fourth-order valence-electron chi connectivity index (χ4n) is 3.79. The fourth-order valence-corrected chi connectivity index (χ4v) is 5.72. The first-order valence-electron chi connectivity index (χ1n) is 11.4. The van der Waals surface area contributed by atoms with Gasteiger partial charge in [-0.1, -0.05) is 30.8 Å². The van der Waals surface area contributed by atoms with Crippen LogP contribution in [0.1, 0.15) is 0 Å². The number of nitrogens with zero attached hydrogens (tertiary/aromatic N) is 3. The zero-order chi connectivity index (χ0) is 24.8. The summed E-state index contributed by atoms with van der Waals surface area (Å²) >= 11 is 6.28. The summed E-state index contributed by atoms with van der Waals surface area (Å²) in [6, 6.07) is 15.6. The van der Waals surface area contributed by atoms with E-state index in [0.29, 0.717) is 23.1 Å². The number of carbonyl (C=O) groups is 1. The van der Waals surface area contributed by atoms with Gasteiger partial charge >= 0.3 is 0 Å². The molecule has 1 amide bonds. The maximum Gasteiger partial charge on any atom is 0.247 e. The zero-order valence-corrected chi connectivity index (χ0v) is 21.7. The summed E-state index contributed by atoms with van der Waals surface area (Å²) in [4.78, 5) is 22.7. The molecule has 0 bridgehead atoms. The van der Waals surface area contributed by atoms with Crippen molar-refractivity contribution >= 4 is 49.3 Å². The molecule has 1 aliphatic rings. The number of hydrogen-bond donors (Lipinski definition) is 2. The smallest absolute Gasteiger partial charge is 0.247 e. The SMILES string of the molecule is C=CC(=O)Nc1cccc(Oc2nc(Nc3ccc(N4CC[SiH](C)CC4)cc3OC)ncc2Cl)c1. The number of ether oxygens (including phenoxy) is 2. The Balaban J connectivity index is 1.50. The van der Waals surface area contributed by atoms with E-state index in [2.05, 4.69) is 44.7 Å². The minimum Gasteiger partial charge on any atom is -0.494 e. The van der Waals surface area contributed by atoms with Crippen molar-refractivity contribution in [3.05, 3.63) is 66.3 Å². The molecule has 1 aromatic heterocycles. The molecule has 2 N–H and O–H groups in total. The predicted octanol–water partition coefficient (Wildman–Crippen LogP) is 5.48. The summed E-state index contributed by atoms with van der Waals surface area (Å²) in [6.45, 7) is 8.09. The first-order valence-corrected chi connectivity index (χ1v) is 14.6. The van der Waals surface area contributed by atoms with E-state index in [1.807, 2.05) is 12.1 Å². The lowest BCUT2D eigenvalue weighted by Gasteiger charge is -2.32.